The van der Waals surface area contributed by atoms with Crippen molar-refractivity contribution in [2.45, 2.75) is 44.6 Å². The Morgan fingerprint density at radius 2 is 2.05 bits per heavy atom. The van der Waals surface area contributed by atoms with Crippen molar-refractivity contribution in [1.82, 2.24) is 9.97 Å². The molecule has 0 saturated heterocycles. The average Bonchev–Trinajstić information content (AvgIpc) is 2.48. The lowest BCUT2D eigenvalue weighted by atomic mass is 9.85. The highest BCUT2D eigenvalue weighted by Crippen LogP contribution is 2.35. The average molecular weight is 300 g/mol. The van der Waals surface area contributed by atoms with E-state index in [4.69, 9.17) is 9.84 Å². The first kappa shape index (κ1) is 15.8. The van der Waals surface area contributed by atoms with Crippen molar-refractivity contribution in [2.75, 3.05) is 7.11 Å². The highest BCUT2D eigenvalue weighted by Gasteiger charge is 2.29. The van der Waals surface area contributed by atoms with Gasteiger partial charge >= 0.3 is 5.97 Å². The molecule has 1 saturated carbocycles. The molecule has 7 heteroatoms. The molecule has 1 fully saturated rings. The van der Waals surface area contributed by atoms with E-state index in [0.29, 0.717) is 0 Å². The Hall–Kier alpha value is -1.63. The van der Waals surface area contributed by atoms with Gasteiger partial charge in [-0.2, -0.15) is 0 Å². The number of ether oxygens (including phenoxy) is 1. The van der Waals surface area contributed by atoms with E-state index in [0.717, 1.165) is 38.3 Å². The summed E-state index contributed by atoms with van der Waals surface area (Å²) in [6.07, 6.45) is 2.69. The Kier molecular flexibility index (Phi) is 5.17. The van der Waals surface area contributed by atoms with Gasteiger partial charge in [0.1, 0.15) is 17.4 Å². The van der Waals surface area contributed by atoms with Crippen LogP contribution in [0.2, 0.25) is 0 Å². The van der Waals surface area contributed by atoms with Crippen LogP contribution in [0.4, 0.5) is 8.78 Å². The lowest BCUT2D eigenvalue weighted by Gasteiger charge is -2.28. The molecule has 21 heavy (non-hydrogen) atoms. The second-order valence-corrected chi connectivity index (χ2v) is 5.19. The minimum atomic E-state index is -2.96. The van der Waals surface area contributed by atoms with E-state index >= 15 is 0 Å². The zero-order chi connectivity index (χ0) is 15.4. The summed E-state index contributed by atoms with van der Waals surface area (Å²) in [5.74, 6) is -1.13. The van der Waals surface area contributed by atoms with E-state index in [1.165, 1.54) is 7.11 Å². The third-order valence-electron chi connectivity index (χ3n) is 3.86. The van der Waals surface area contributed by atoms with Crippen molar-refractivity contribution in [3.63, 3.8) is 0 Å². The van der Waals surface area contributed by atoms with Gasteiger partial charge in [-0.25, -0.2) is 23.5 Å². The van der Waals surface area contributed by atoms with Crippen LogP contribution in [0.3, 0.4) is 0 Å². The quantitative estimate of drug-likeness (QED) is 0.902. The van der Waals surface area contributed by atoms with Gasteiger partial charge in [0, 0.05) is 13.3 Å². The number of carbonyl (C=O) groups is 1. The number of nitrogens with zero attached hydrogens (tertiary/aromatic N) is 2. The topological polar surface area (TPSA) is 72.3 Å². The molecule has 0 radical (unpaired) electrons. The Morgan fingerprint density at radius 3 is 2.57 bits per heavy atom. The Bertz CT molecular complexity index is 505. The summed E-state index contributed by atoms with van der Waals surface area (Å²) >= 11 is 0. The van der Waals surface area contributed by atoms with E-state index in [-0.39, 0.29) is 11.7 Å². The maximum Gasteiger partial charge on any atom is 0.339 e. The molecule has 0 spiro atoms. The van der Waals surface area contributed by atoms with Gasteiger partial charge < -0.3 is 9.84 Å². The third-order valence-corrected chi connectivity index (χ3v) is 3.86. The Labute approximate surface area is 121 Å². The minimum Gasteiger partial charge on any atom is -0.478 e. The lowest BCUT2D eigenvalue weighted by Crippen LogP contribution is -2.21. The van der Waals surface area contributed by atoms with Crippen molar-refractivity contribution in [3.05, 3.63) is 23.3 Å². The smallest absolute Gasteiger partial charge is 0.339 e. The standard InChI is InChI=1S/C14H18F2N2O3/c1-21-11(8-5-3-2-4-6-8)13-17-7-9(14(19)20)10(18-13)12(15)16/h7-8,11-12H,2-6H2,1H3,(H,19,20). The number of methoxy groups -OCH3 is 1. The van der Waals surface area contributed by atoms with E-state index in [1.54, 1.807) is 0 Å². The fourth-order valence-electron chi connectivity index (χ4n) is 2.82. The molecule has 0 amide bonds. The van der Waals surface area contributed by atoms with Crippen molar-refractivity contribution < 1.29 is 23.4 Å². The molecule has 2 rings (SSSR count). The number of aromatic carboxylic acids is 1. The summed E-state index contributed by atoms with van der Waals surface area (Å²) in [5, 5.41) is 8.91. The second-order valence-electron chi connectivity index (χ2n) is 5.19. The normalized spacial score (nSPS) is 17.9. The third kappa shape index (κ3) is 3.53. The number of alkyl halides is 2. The largest absolute Gasteiger partial charge is 0.478 e. The van der Waals surface area contributed by atoms with Gasteiger partial charge in [-0.05, 0) is 18.8 Å². The summed E-state index contributed by atoms with van der Waals surface area (Å²) in [7, 11) is 1.50. The maximum atomic E-state index is 13.0. The van der Waals surface area contributed by atoms with E-state index < -0.39 is 29.8 Å². The molecule has 1 aromatic heterocycles. The molecular formula is C14H18F2N2O3. The predicted octanol–water partition coefficient (Wildman–Crippen LogP) is 3.38. The first-order valence-corrected chi connectivity index (χ1v) is 6.95. The van der Waals surface area contributed by atoms with Gasteiger partial charge in [0.25, 0.3) is 6.43 Å². The van der Waals surface area contributed by atoms with Crippen LogP contribution in [-0.2, 0) is 4.74 Å². The monoisotopic (exact) mass is 300 g/mol. The SMILES string of the molecule is COC(c1ncc(C(=O)O)c(C(F)F)n1)C1CCCCC1. The van der Waals surface area contributed by atoms with Crippen LogP contribution in [-0.4, -0.2) is 28.2 Å². The zero-order valence-corrected chi connectivity index (χ0v) is 11.8. The number of rotatable bonds is 5. The van der Waals surface area contributed by atoms with Crippen molar-refractivity contribution in [2.24, 2.45) is 5.92 Å². The maximum absolute atomic E-state index is 13.0. The van der Waals surface area contributed by atoms with Crippen molar-refractivity contribution >= 4 is 5.97 Å². The number of carboxylic acid groups (broad SMARTS) is 1. The number of halogens is 2. The van der Waals surface area contributed by atoms with Crippen molar-refractivity contribution in [1.29, 1.82) is 0 Å². The lowest BCUT2D eigenvalue weighted by molar-refractivity contribution is 0.0278. The van der Waals surface area contributed by atoms with Gasteiger partial charge in [-0.15, -0.1) is 0 Å². The molecular weight excluding hydrogens is 282 g/mol. The van der Waals surface area contributed by atoms with Crippen LogP contribution >= 0.6 is 0 Å². The van der Waals surface area contributed by atoms with Crippen LogP contribution < -0.4 is 0 Å². The number of carboxylic acids is 1. The van der Waals surface area contributed by atoms with Crippen LogP contribution in [0.25, 0.3) is 0 Å². The van der Waals surface area contributed by atoms with Gasteiger partial charge in [0.05, 0.1) is 0 Å². The van der Waals surface area contributed by atoms with Crippen molar-refractivity contribution in [3.8, 4) is 0 Å². The van der Waals surface area contributed by atoms with Gasteiger partial charge in [0.15, 0.2) is 5.82 Å². The molecule has 1 heterocycles. The Morgan fingerprint density at radius 1 is 1.38 bits per heavy atom. The van der Waals surface area contributed by atoms with E-state index in [9.17, 15) is 13.6 Å². The van der Waals surface area contributed by atoms with Gasteiger partial charge in [0.2, 0.25) is 0 Å². The van der Waals surface area contributed by atoms with Gasteiger partial charge in [-0.1, -0.05) is 19.3 Å². The molecule has 1 unspecified atom stereocenters. The molecule has 0 aromatic carbocycles. The molecule has 0 bridgehead atoms. The zero-order valence-electron chi connectivity index (χ0n) is 11.8. The molecule has 5 nitrogen and oxygen atoms in total. The van der Waals surface area contributed by atoms with Gasteiger partial charge in [-0.3, -0.25) is 0 Å². The van der Waals surface area contributed by atoms with Crippen LogP contribution in [0.5, 0.6) is 0 Å². The molecule has 1 atom stereocenters. The molecule has 1 N–H and O–H groups in total. The molecule has 1 aromatic rings. The predicted molar refractivity (Wildman–Crippen MR) is 70.3 cm³/mol. The summed E-state index contributed by atoms with van der Waals surface area (Å²) in [6.45, 7) is 0. The highest BCUT2D eigenvalue weighted by molar-refractivity contribution is 5.88. The fraction of sp³-hybridized carbons (Fsp3) is 0.643. The molecule has 1 aliphatic carbocycles. The second kappa shape index (κ2) is 6.89. The molecule has 116 valence electrons. The first-order valence-electron chi connectivity index (χ1n) is 6.95. The molecule has 0 aliphatic heterocycles. The van der Waals surface area contributed by atoms with Crippen LogP contribution in [0.15, 0.2) is 6.20 Å². The highest BCUT2D eigenvalue weighted by atomic mass is 19.3. The summed E-state index contributed by atoms with van der Waals surface area (Å²) in [4.78, 5) is 18.6. The summed E-state index contributed by atoms with van der Waals surface area (Å²) in [5.41, 5.74) is -1.31. The Balaban J connectivity index is 2.33. The number of aromatic nitrogens is 2. The van der Waals surface area contributed by atoms with E-state index in [1.807, 2.05) is 0 Å². The number of hydrogen-bond donors (Lipinski definition) is 1. The minimum absolute atomic E-state index is 0.143. The van der Waals surface area contributed by atoms with Crippen LogP contribution in [0.1, 0.15) is 66.5 Å². The number of hydrogen-bond acceptors (Lipinski definition) is 4. The first-order chi connectivity index (χ1) is 10.0. The fourth-order valence-corrected chi connectivity index (χ4v) is 2.82. The van der Waals surface area contributed by atoms with E-state index in [2.05, 4.69) is 9.97 Å². The summed E-state index contributed by atoms with van der Waals surface area (Å²) < 4.78 is 31.4. The molecule has 1 aliphatic rings. The summed E-state index contributed by atoms with van der Waals surface area (Å²) in [6, 6.07) is 0. The van der Waals surface area contributed by atoms with Crippen LogP contribution in [0, 0.1) is 5.92 Å².